The van der Waals surface area contributed by atoms with Gasteiger partial charge < -0.3 is 14.2 Å². The van der Waals surface area contributed by atoms with E-state index in [9.17, 15) is 9.59 Å². The lowest BCUT2D eigenvalue weighted by atomic mass is 10.2. The predicted octanol–water partition coefficient (Wildman–Crippen LogP) is 2.69. The Kier molecular flexibility index (Phi) is 8.33. The molecule has 0 N–H and O–H groups in total. The number of hydrogen-bond acceptors (Lipinski definition) is 5. The minimum atomic E-state index is -0.539. The molecule has 0 radical (unpaired) electrons. The standard InChI is InChI=1S/C17H17ClO5/c1-3-21-16(19)7-5-4-6-10-22-17(20)12-23-15-9-8-14(18)11-13(15)2/h5,7-9,11H,3,10,12H2,1-2H3/b7-5+. The average Bonchev–Trinajstić information content (AvgIpc) is 2.50. The van der Waals surface area contributed by atoms with Crippen LogP contribution in [0.3, 0.4) is 0 Å². The van der Waals surface area contributed by atoms with Crippen LogP contribution in [0.25, 0.3) is 0 Å². The molecular formula is C17H17ClO5. The molecule has 0 saturated heterocycles. The van der Waals surface area contributed by atoms with Crippen LogP contribution in [0.1, 0.15) is 12.5 Å². The molecule has 0 aliphatic carbocycles. The third-order valence-electron chi connectivity index (χ3n) is 2.48. The van der Waals surface area contributed by atoms with Gasteiger partial charge in [0.1, 0.15) is 5.75 Å². The summed E-state index contributed by atoms with van der Waals surface area (Å²) in [7, 11) is 0. The molecule has 0 bridgehead atoms. The molecule has 0 aromatic heterocycles. The zero-order chi connectivity index (χ0) is 17.1. The second-order valence-electron chi connectivity index (χ2n) is 4.27. The molecule has 0 aliphatic heterocycles. The van der Waals surface area contributed by atoms with Gasteiger partial charge in [0, 0.05) is 11.1 Å². The van der Waals surface area contributed by atoms with E-state index in [-0.39, 0.29) is 13.2 Å². The first-order valence-corrected chi connectivity index (χ1v) is 7.27. The van der Waals surface area contributed by atoms with Gasteiger partial charge in [0.15, 0.2) is 13.2 Å². The number of halogens is 1. The number of allylic oxidation sites excluding steroid dienone is 1. The van der Waals surface area contributed by atoms with Crippen LogP contribution in [0.5, 0.6) is 5.75 Å². The largest absolute Gasteiger partial charge is 0.482 e. The van der Waals surface area contributed by atoms with Crippen LogP contribution >= 0.6 is 11.6 Å². The summed E-state index contributed by atoms with van der Waals surface area (Å²) >= 11 is 5.83. The Hall–Kier alpha value is -2.45. The molecule has 6 heteroatoms. The van der Waals surface area contributed by atoms with Gasteiger partial charge in [0.2, 0.25) is 0 Å². The summed E-state index contributed by atoms with van der Waals surface area (Å²) in [5.41, 5.74) is 0.828. The average molecular weight is 337 g/mol. The van der Waals surface area contributed by atoms with Gasteiger partial charge in [-0.15, -0.1) is 0 Å². The summed E-state index contributed by atoms with van der Waals surface area (Å²) in [5.74, 6) is 4.68. The lowest BCUT2D eigenvalue weighted by Gasteiger charge is -2.08. The number of esters is 2. The van der Waals surface area contributed by atoms with Crippen LogP contribution in [0.2, 0.25) is 5.02 Å². The highest BCUT2D eigenvalue weighted by Crippen LogP contribution is 2.21. The number of benzene rings is 1. The second kappa shape index (κ2) is 10.3. The van der Waals surface area contributed by atoms with E-state index in [1.807, 2.05) is 6.92 Å². The van der Waals surface area contributed by atoms with E-state index in [4.69, 9.17) is 21.1 Å². The Balaban J connectivity index is 2.29. The van der Waals surface area contributed by atoms with E-state index in [0.717, 1.165) is 5.56 Å². The SMILES string of the molecule is CCOC(=O)/C=C/C#CCOC(=O)COc1ccc(Cl)cc1C. The van der Waals surface area contributed by atoms with Crippen molar-refractivity contribution in [2.75, 3.05) is 19.8 Å². The van der Waals surface area contributed by atoms with Crippen molar-refractivity contribution in [2.45, 2.75) is 13.8 Å². The lowest BCUT2D eigenvalue weighted by molar-refractivity contribution is -0.144. The van der Waals surface area contributed by atoms with E-state index in [1.54, 1.807) is 25.1 Å². The quantitative estimate of drug-likeness (QED) is 0.454. The Labute approximate surface area is 140 Å². The summed E-state index contributed by atoms with van der Waals surface area (Å²) in [6.07, 6.45) is 2.53. The first-order valence-electron chi connectivity index (χ1n) is 6.89. The van der Waals surface area contributed by atoms with Gasteiger partial charge in [0.25, 0.3) is 0 Å². The number of aryl methyl sites for hydroxylation is 1. The lowest BCUT2D eigenvalue weighted by Crippen LogP contribution is -2.15. The van der Waals surface area contributed by atoms with Crippen molar-refractivity contribution in [3.8, 4) is 17.6 Å². The summed E-state index contributed by atoms with van der Waals surface area (Å²) in [6.45, 7) is 3.54. The van der Waals surface area contributed by atoms with Crippen molar-refractivity contribution in [3.63, 3.8) is 0 Å². The molecule has 0 amide bonds. The molecule has 122 valence electrons. The molecule has 0 fully saturated rings. The van der Waals surface area contributed by atoms with Gasteiger partial charge in [-0.2, -0.15) is 0 Å². The summed E-state index contributed by atoms with van der Waals surface area (Å²) < 4.78 is 14.9. The number of carbonyl (C=O) groups is 2. The monoisotopic (exact) mass is 336 g/mol. The Morgan fingerprint density at radius 3 is 2.78 bits per heavy atom. The zero-order valence-electron chi connectivity index (χ0n) is 12.9. The van der Waals surface area contributed by atoms with Crippen molar-refractivity contribution in [3.05, 3.63) is 40.9 Å². The smallest absolute Gasteiger partial charge is 0.345 e. The molecule has 0 atom stereocenters. The van der Waals surface area contributed by atoms with Gasteiger partial charge in [0.05, 0.1) is 6.61 Å². The first kappa shape index (κ1) is 18.6. The van der Waals surface area contributed by atoms with Gasteiger partial charge in [-0.05, 0) is 43.7 Å². The fraction of sp³-hybridized carbons (Fsp3) is 0.294. The number of hydrogen-bond donors (Lipinski definition) is 0. The Bertz CT molecular complexity index is 640. The van der Waals surface area contributed by atoms with Crippen LogP contribution in [-0.4, -0.2) is 31.8 Å². The van der Waals surface area contributed by atoms with Crippen molar-refractivity contribution >= 4 is 23.5 Å². The van der Waals surface area contributed by atoms with Gasteiger partial charge in [-0.1, -0.05) is 23.4 Å². The molecule has 1 rings (SSSR count). The number of ether oxygens (including phenoxy) is 3. The number of carbonyl (C=O) groups excluding carboxylic acids is 2. The van der Waals surface area contributed by atoms with Crippen LogP contribution in [-0.2, 0) is 19.1 Å². The molecule has 23 heavy (non-hydrogen) atoms. The molecular weight excluding hydrogens is 320 g/mol. The van der Waals surface area contributed by atoms with Gasteiger partial charge in [-0.3, -0.25) is 0 Å². The fourth-order valence-corrected chi connectivity index (χ4v) is 1.70. The van der Waals surface area contributed by atoms with Crippen molar-refractivity contribution < 1.29 is 23.8 Å². The first-order chi connectivity index (χ1) is 11.0. The third kappa shape index (κ3) is 7.93. The van der Waals surface area contributed by atoms with E-state index >= 15 is 0 Å². The Morgan fingerprint density at radius 1 is 1.30 bits per heavy atom. The molecule has 0 spiro atoms. The van der Waals surface area contributed by atoms with E-state index < -0.39 is 11.9 Å². The predicted molar refractivity (Wildman–Crippen MR) is 86.2 cm³/mol. The molecule has 1 aromatic rings. The van der Waals surface area contributed by atoms with Crippen LogP contribution in [0, 0.1) is 18.8 Å². The highest BCUT2D eigenvalue weighted by Gasteiger charge is 2.05. The van der Waals surface area contributed by atoms with Gasteiger partial charge in [-0.25, -0.2) is 9.59 Å². The maximum Gasteiger partial charge on any atom is 0.345 e. The maximum atomic E-state index is 11.5. The van der Waals surface area contributed by atoms with E-state index in [1.165, 1.54) is 12.2 Å². The third-order valence-corrected chi connectivity index (χ3v) is 2.71. The minimum absolute atomic E-state index is 0.0883. The van der Waals surface area contributed by atoms with E-state index in [0.29, 0.717) is 17.4 Å². The van der Waals surface area contributed by atoms with Crippen LogP contribution < -0.4 is 4.74 Å². The summed E-state index contributed by atoms with van der Waals surface area (Å²) in [6, 6.07) is 5.10. The zero-order valence-corrected chi connectivity index (χ0v) is 13.7. The minimum Gasteiger partial charge on any atom is -0.482 e. The molecule has 0 heterocycles. The number of rotatable bonds is 6. The molecule has 0 unspecified atom stereocenters. The summed E-state index contributed by atoms with van der Waals surface area (Å²) in [5, 5.41) is 0.601. The van der Waals surface area contributed by atoms with E-state index in [2.05, 4.69) is 16.6 Å². The van der Waals surface area contributed by atoms with Gasteiger partial charge >= 0.3 is 11.9 Å². The second-order valence-corrected chi connectivity index (χ2v) is 4.70. The fourth-order valence-electron chi connectivity index (χ4n) is 1.47. The van der Waals surface area contributed by atoms with Crippen LogP contribution in [0.15, 0.2) is 30.4 Å². The molecule has 5 nitrogen and oxygen atoms in total. The normalized spacial score (nSPS) is 9.87. The van der Waals surface area contributed by atoms with Crippen LogP contribution in [0.4, 0.5) is 0 Å². The topological polar surface area (TPSA) is 61.8 Å². The maximum absolute atomic E-state index is 11.5. The molecule has 0 saturated carbocycles. The summed E-state index contributed by atoms with van der Waals surface area (Å²) in [4.78, 5) is 22.5. The van der Waals surface area contributed by atoms with Crippen molar-refractivity contribution in [1.29, 1.82) is 0 Å². The Morgan fingerprint density at radius 2 is 2.09 bits per heavy atom. The highest BCUT2D eigenvalue weighted by atomic mass is 35.5. The van der Waals surface area contributed by atoms with Crippen molar-refractivity contribution in [1.82, 2.24) is 0 Å². The highest BCUT2D eigenvalue weighted by molar-refractivity contribution is 6.30. The molecule has 1 aromatic carbocycles. The molecule has 0 aliphatic rings. The van der Waals surface area contributed by atoms with Crippen molar-refractivity contribution in [2.24, 2.45) is 0 Å².